The summed E-state index contributed by atoms with van der Waals surface area (Å²) in [7, 11) is 0. The second-order valence-corrected chi connectivity index (χ2v) is 7.05. The number of rotatable bonds is 3. The Hall–Kier alpha value is -3.51. The fourth-order valence-electron chi connectivity index (χ4n) is 3.38. The van der Waals surface area contributed by atoms with Crippen LogP contribution in [0.25, 0.3) is 5.76 Å². The topological polar surface area (TPSA) is 91.0 Å². The number of aliphatic hydroxyl groups is 1. The third-order valence-electron chi connectivity index (χ3n) is 4.73. The van der Waals surface area contributed by atoms with E-state index in [9.17, 15) is 19.8 Å². The van der Waals surface area contributed by atoms with Gasteiger partial charge in [-0.1, -0.05) is 23.7 Å². The molecule has 1 fully saturated rings. The summed E-state index contributed by atoms with van der Waals surface area (Å²) in [4.78, 5) is 27.0. The van der Waals surface area contributed by atoms with E-state index in [1.54, 1.807) is 55.5 Å². The number of phenolic OH excluding ortho intramolecular Hbond substituents is 1. The monoisotopic (exact) mass is 409 g/mol. The first kappa shape index (κ1) is 18.8. The van der Waals surface area contributed by atoms with Gasteiger partial charge in [0, 0.05) is 10.6 Å². The van der Waals surface area contributed by atoms with E-state index in [4.69, 9.17) is 16.0 Å². The van der Waals surface area contributed by atoms with Gasteiger partial charge in [0.15, 0.2) is 0 Å². The second kappa shape index (κ2) is 7.14. The van der Waals surface area contributed by atoms with E-state index >= 15 is 0 Å². The number of carbonyl (C=O) groups excluding carboxylic acids is 2. The first-order chi connectivity index (χ1) is 13.9. The highest BCUT2D eigenvalue weighted by Crippen LogP contribution is 2.44. The number of carbonyl (C=O) groups is 2. The number of aryl methyl sites for hydroxylation is 1. The van der Waals surface area contributed by atoms with Gasteiger partial charge in [-0.15, -0.1) is 0 Å². The Labute approximate surface area is 171 Å². The van der Waals surface area contributed by atoms with Gasteiger partial charge in [-0.05, 0) is 55.5 Å². The molecular weight excluding hydrogens is 394 g/mol. The van der Waals surface area contributed by atoms with Crippen LogP contribution in [-0.4, -0.2) is 21.9 Å². The third kappa shape index (κ3) is 3.17. The van der Waals surface area contributed by atoms with Gasteiger partial charge in [0.1, 0.15) is 29.1 Å². The molecule has 1 saturated heterocycles. The number of nitrogens with zero attached hydrogens (tertiary/aromatic N) is 1. The Bertz CT molecular complexity index is 1150. The zero-order chi connectivity index (χ0) is 20.7. The number of halogens is 1. The predicted molar refractivity (Wildman–Crippen MR) is 108 cm³/mol. The minimum atomic E-state index is -1.03. The summed E-state index contributed by atoms with van der Waals surface area (Å²) in [6.07, 6.45) is 0. The number of hydrogen-bond donors (Lipinski definition) is 2. The predicted octanol–water partition coefficient (Wildman–Crippen LogP) is 4.57. The molecule has 1 atom stereocenters. The summed E-state index contributed by atoms with van der Waals surface area (Å²) in [5.74, 6) is -1.40. The Morgan fingerprint density at radius 2 is 1.72 bits per heavy atom. The molecule has 1 aliphatic heterocycles. The number of ketones is 1. The highest BCUT2D eigenvalue weighted by molar-refractivity contribution is 6.51. The fourth-order valence-corrected chi connectivity index (χ4v) is 3.51. The highest BCUT2D eigenvalue weighted by atomic mass is 35.5. The van der Waals surface area contributed by atoms with Crippen LogP contribution in [0.1, 0.15) is 23.1 Å². The molecule has 0 spiro atoms. The molecule has 0 radical (unpaired) electrons. The lowest BCUT2D eigenvalue weighted by molar-refractivity contribution is -0.132. The van der Waals surface area contributed by atoms with E-state index in [1.807, 2.05) is 0 Å². The zero-order valence-corrected chi connectivity index (χ0v) is 16.1. The van der Waals surface area contributed by atoms with Crippen molar-refractivity contribution in [3.63, 3.8) is 0 Å². The number of hydrogen-bond acceptors (Lipinski definition) is 5. The van der Waals surface area contributed by atoms with Crippen molar-refractivity contribution in [3.8, 4) is 5.75 Å². The van der Waals surface area contributed by atoms with Crippen molar-refractivity contribution in [2.45, 2.75) is 13.0 Å². The molecule has 1 aliphatic rings. The minimum absolute atomic E-state index is 0.130. The number of phenols is 1. The molecule has 0 bridgehead atoms. The molecule has 0 saturated carbocycles. The molecular formula is C22H16ClNO5. The standard InChI is InChI=1S/C22H16ClNO5/c1-12-6-11-17(29-12)19-18(20(26)13-7-9-14(23)10-8-13)21(27)22(28)24(19)15-4-2-3-5-16(15)25/h2-11,19,25-26H,1H3/b20-18-. The first-order valence-electron chi connectivity index (χ1n) is 8.79. The maximum Gasteiger partial charge on any atom is 0.300 e. The van der Waals surface area contributed by atoms with E-state index in [1.165, 1.54) is 12.1 Å². The maximum absolute atomic E-state index is 12.9. The van der Waals surface area contributed by atoms with Gasteiger partial charge < -0.3 is 14.6 Å². The summed E-state index contributed by atoms with van der Waals surface area (Å²) in [6, 6.07) is 14.7. The molecule has 3 aromatic rings. The van der Waals surface area contributed by atoms with Crippen LogP contribution in [0.2, 0.25) is 5.02 Å². The number of amides is 1. The zero-order valence-electron chi connectivity index (χ0n) is 15.3. The molecule has 146 valence electrons. The molecule has 6 nitrogen and oxygen atoms in total. The Kier molecular flexibility index (Phi) is 4.64. The van der Waals surface area contributed by atoms with Crippen LogP contribution in [0.3, 0.4) is 0 Å². The van der Waals surface area contributed by atoms with Crippen LogP contribution < -0.4 is 4.90 Å². The van der Waals surface area contributed by atoms with Crippen LogP contribution in [-0.2, 0) is 9.59 Å². The van der Waals surface area contributed by atoms with Gasteiger partial charge in [-0.2, -0.15) is 0 Å². The smallest absolute Gasteiger partial charge is 0.300 e. The molecule has 7 heteroatoms. The van der Waals surface area contributed by atoms with Crippen molar-refractivity contribution >= 4 is 34.7 Å². The number of aromatic hydroxyl groups is 1. The van der Waals surface area contributed by atoms with E-state index in [0.717, 1.165) is 4.90 Å². The van der Waals surface area contributed by atoms with E-state index in [0.29, 0.717) is 22.1 Å². The van der Waals surface area contributed by atoms with E-state index in [2.05, 4.69) is 0 Å². The van der Waals surface area contributed by atoms with Crippen molar-refractivity contribution in [3.05, 3.63) is 88.3 Å². The molecule has 2 N–H and O–H groups in total. The number of Topliss-reactive ketones (excluding diaryl/α,β-unsaturated/α-hetero) is 1. The molecule has 2 heterocycles. The van der Waals surface area contributed by atoms with Crippen LogP contribution in [0.15, 0.2) is 70.7 Å². The van der Waals surface area contributed by atoms with Gasteiger partial charge in [0.25, 0.3) is 11.7 Å². The Morgan fingerprint density at radius 3 is 2.34 bits per heavy atom. The van der Waals surface area contributed by atoms with E-state index < -0.39 is 17.7 Å². The molecule has 1 aromatic heterocycles. The lowest BCUT2D eigenvalue weighted by Gasteiger charge is -2.24. The van der Waals surface area contributed by atoms with Gasteiger partial charge >= 0.3 is 0 Å². The van der Waals surface area contributed by atoms with Crippen molar-refractivity contribution in [1.82, 2.24) is 0 Å². The molecule has 0 aliphatic carbocycles. The van der Waals surface area contributed by atoms with Crippen molar-refractivity contribution < 1.29 is 24.2 Å². The average Bonchev–Trinajstić information content (AvgIpc) is 3.24. The normalized spacial score (nSPS) is 18.4. The second-order valence-electron chi connectivity index (χ2n) is 6.61. The number of para-hydroxylation sites is 2. The number of furan rings is 1. The Balaban J connectivity index is 1.96. The summed E-state index contributed by atoms with van der Waals surface area (Å²) >= 11 is 5.91. The summed E-state index contributed by atoms with van der Waals surface area (Å²) in [5, 5.41) is 21.7. The largest absolute Gasteiger partial charge is 0.507 e. The van der Waals surface area contributed by atoms with Crippen molar-refractivity contribution in [2.75, 3.05) is 4.90 Å². The van der Waals surface area contributed by atoms with Crippen LogP contribution >= 0.6 is 11.6 Å². The summed E-state index contributed by atoms with van der Waals surface area (Å²) < 4.78 is 5.70. The molecule has 29 heavy (non-hydrogen) atoms. The maximum atomic E-state index is 12.9. The van der Waals surface area contributed by atoms with Gasteiger partial charge in [-0.3, -0.25) is 14.5 Å². The average molecular weight is 410 g/mol. The van der Waals surface area contributed by atoms with Gasteiger partial charge in [0.2, 0.25) is 0 Å². The van der Waals surface area contributed by atoms with Gasteiger partial charge in [-0.25, -0.2) is 0 Å². The number of benzene rings is 2. The van der Waals surface area contributed by atoms with Crippen molar-refractivity contribution in [2.24, 2.45) is 0 Å². The number of aliphatic hydroxyl groups excluding tert-OH is 1. The van der Waals surface area contributed by atoms with E-state index in [-0.39, 0.29) is 22.8 Å². The summed E-state index contributed by atoms with van der Waals surface area (Å²) in [5.41, 5.74) is 0.344. The SMILES string of the molecule is Cc1ccc(C2/C(=C(/O)c3ccc(Cl)cc3)C(=O)C(=O)N2c2ccccc2O)o1. The minimum Gasteiger partial charge on any atom is -0.507 e. The quantitative estimate of drug-likeness (QED) is 0.375. The molecule has 1 unspecified atom stereocenters. The molecule has 1 amide bonds. The Morgan fingerprint density at radius 1 is 1.03 bits per heavy atom. The lowest BCUT2D eigenvalue weighted by Crippen LogP contribution is -2.29. The third-order valence-corrected chi connectivity index (χ3v) is 4.99. The van der Waals surface area contributed by atoms with Crippen LogP contribution in [0.5, 0.6) is 5.75 Å². The van der Waals surface area contributed by atoms with Gasteiger partial charge in [0.05, 0.1) is 11.3 Å². The fraction of sp³-hybridized carbons (Fsp3) is 0.0909. The molecule has 2 aromatic carbocycles. The summed E-state index contributed by atoms with van der Waals surface area (Å²) in [6.45, 7) is 1.73. The lowest BCUT2D eigenvalue weighted by atomic mass is 9.99. The first-order valence-corrected chi connectivity index (χ1v) is 9.17. The van der Waals surface area contributed by atoms with Crippen LogP contribution in [0.4, 0.5) is 5.69 Å². The molecule has 4 rings (SSSR count). The van der Waals surface area contributed by atoms with Crippen LogP contribution in [0, 0.1) is 6.92 Å². The number of anilines is 1. The van der Waals surface area contributed by atoms with Crippen molar-refractivity contribution in [1.29, 1.82) is 0 Å². The highest BCUT2D eigenvalue weighted by Gasteiger charge is 2.49.